The monoisotopic (exact) mass is 252 g/mol. The Labute approximate surface area is 111 Å². The summed E-state index contributed by atoms with van der Waals surface area (Å²) in [6, 6.07) is 1.59. The van der Waals surface area contributed by atoms with Crippen LogP contribution < -0.4 is 5.32 Å². The summed E-state index contributed by atoms with van der Waals surface area (Å²) in [5.41, 5.74) is -0.000389. The molecule has 3 saturated carbocycles. The summed E-state index contributed by atoms with van der Waals surface area (Å²) in [4.78, 5) is 2.80. The second kappa shape index (κ2) is 5.10. The van der Waals surface area contributed by atoms with Gasteiger partial charge in [0.05, 0.1) is 6.61 Å². The van der Waals surface area contributed by atoms with Crippen molar-refractivity contribution in [1.82, 2.24) is 10.2 Å². The van der Waals surface area contributed by atoms with Gasteiger partial charge in [-0.25, -0.2) is 0 Å². The van der Waals surface area contributed by atoms with E-state index in [-0.39, 0.29) is 5.54 Å². The molecule has 0 radical (unpaired) electrons. The van der Waals surface area contributed by atoms with Gasteiger partial charge in [-0.1, -0.05) is 0 Å². The van der Waals surface area contributed by atoms with Gasteiger partial charge in [-0.2, -0.15) is 0 Å². The van der Waals surface area contributed by atoms with Crippen LogP contribution in [0.15, 0.2) is 0 Å². The van der Waals surface area contributed by atoms with Gasteiger partial charge in [0, 0.05) is 24.2 Å². The van der Waals surface area contributed by atoms with Crippen molar-refractivity contribution in [2.75, 3.05) is 20.2 Å². The zero-order valence-electron chi connectivity index (χ0n) is 11.7. The fourth-order valence-electron chi connectivity index (χ4n) is 3.67. The van der Waals surface area contributed by atoms with Crippen LogP contribution in [0.1, 0.15) is 51.4 Å². The Morgan fingerprint density at radius 2 is 1.94 bits per heavy atom. The molecule has 0 spiro atoms. The van der Waals surface area contributed by atoms with Crippen LogP contribution in [0, 0.1) is 5.92 Å². The van der Waals surface area contributed by atoms with Gasteiger partial charge in [-0.3, -0.25) is 4.90 Å². The molecule has 0 aromatic heterocycles. The second-order valence-electron chi connectivity index (χ2n) is 6.81. The van der Waals surface area contributed by atoms with Crippen molar-refractivity contribution in [2.45, 2.75) is 69.0 Å². The maximum absolute atomic E-state index is 9.71. The summed E-state index contributed by atoms with van der Waals surface area (Å²) in [7, 11) is 2.01. The smallest absolute Gasteiger partial charge is 0.0613 e. The third-order valence-electron chi connectivity index (χ3n) is 5.30. The lowest BCUT2D eigenvalue weighted by Crippen LogP contribution is -2.55. The first-order valence-corrected chi connectivity index (χ1v) is 7.82. The van der Waals surface area contributed by atoms with Crippen molar-refractivity contribution in [3.05, 3.63) is 0 Å². The molecule has 0 aromatic rings. The Morgan fingerprint density at radius 1 is 1.17 bits per heavy atom. The normalized spacial score (nSPS) is 37.2. The number of aliphatic hydroxyl groups excluding tert-OH is 1. The molecule has 2 atom stereocenters. The van der Waals surface area contributed by atoms with E-state index in [1.54, 1.807) is 0 Å². The fraction of sp³-hybridized carbons (Fsp3) is 1.00. The van der Waals surface area contributed by atoms with Crippen molar-refractivity contribution in [2.24, 2.45) is 5.92 Å². The van der Waals surface area contributed by atoms with Crippen molar-refractivity contribution in [3.8, 4) is 0 Å². The van der Waals surface area contributed by atoms with Crippen LogP contribution in [-0.2, 0) is 0 Å². The van der Waals surface area contributed by atoms with E-state index < -0.39 is 0 Å². The average Bonchev–Trinajstić information content (AvgIpc) is 3.29. The fourth-order valence-corrected chi connectivity index (χ4v) is 3.67. The van der Waals surface area contributed by atoms with E-state index in [4.69, 9.17) is 0 Å². The molecule has 0 aromatic carbocycles. The molecule has 3 fully saturated rings. The third-order valence-corrected chi connectivity index (χ3v) is 5.30. The molecular formula is C15H28N2O. The van der Waals surface area contributed by atoms with Gasteiger partial charge in [0.25, 0.3) is 0 Å². The summed E-state index contributed by atoms with van der Waals surface area (Å²) in [6.07, 6.45) is 10.6. The van der Waals surface area contributed by atoms with Gasteiger partial charge in [0.15, 0.2) is 0 Å². The Hall–Kier alpha value is -0.120. The number of rotatable bonds is 6. The maximum Gasteiger partial charge on any atom is 0.0613 e. The first kappa shape index (κ1) is 12.9. The van der Waals surface area contributed by atoms with E-state index in [1.807, 2.05) is 7.05 Å². The molecule has 3 nitrogen and oxygen atoms in total. The average molecular weight is 252 g/mol. The summed E-state index contributed by atoms with van der Waals surface area (Å²) < 4.78 is 0. The topological polar surface area (TPSA) is 35.5 Å². The maximum atomic E-state index is 9.71. The standard InChI is InChI=1S/C15H28N2O/c1-16-15(11-18)8-2-3-14(9-15)17(13-6-7-13)10-12-4-5-12/h12-14,16,18H,2-11H2,1H3. The molecule has 2 N–H and O–H groups in total. The summed E-state index contributed by atoms with van der Waals surface area (Å²) in [5, 5.41) is 13.1. The van der Waals surface area contributed by atoms with Crippen molar-refractivity contribution < 1.29 is 5.11 Å². The SMILES string of the molecule is CNC1(CO)CCCC(N(CC2CC2)C2CC2)C1. The predicted octanol–water partition coefficient (Wildman–Crippen LogP) is 1.75. The van der Waals surface area contributed by atoms with Crippen molar-refractivity contribution in [1.29, 1.82) is 0 Å². The van der Waals surface area contributed by atoms with Crippen LogP contribution in [0.25, 0.3) is 0 Å². The molecule has 104 valence electrons. The minimum Gasteiger partial charge on any atom is -0.394 e. The Kier molecular flexibility index (Phi) is 3.65. The van der Waals surface area contributed by atoms with E-state index in [9.17, 15) is 5.11 Å². The minimum atomic E-state index is -0.000389. The molecular weight excluding hydrogens is 224 g/mol. The molecule has 3 heteroatoms. The molecule has 0 bridgehead atoms. The summed E-state index contributed by atoms with van der Waals surface area (Å²) in [5.74, 6) is 0.991. The molecule has 18 heavy (non-hydrogen) atoms. The molecule has 0 saturated heterocycles. The van der Waals surface area contributed by atoms with Crippen LogP contribution in [0.4, 0.5) is 0 Å². The van der Waals surface area contributed by atoms with Gasteiger partial charge in [-0.15, -0.1) is 0 Å². The Bertz CT molecular complexity index is 282. The number of aliphatic hydroxyl groups is 1. The first-order chi connectivity index (χ1) is 8.76. The van der Waals surface area contributed by atoms with Gasteiger partial charge >= 0.3 is 0 Å². The number of hydrogen-bond donors (Lipinski definition) is 2. The Balaban J connectivity index is 1.64. The highest BCUT2D eigenvalue weighted by Gasteiger charge is 2.42. The summed E-state index contributed by atoms with van der Waals surface area (Å²) in [6.45, 7) is 1.63. The minimum absolute atomic E-state index is 0.000389. The van der Waals surface area contributed by atoms with Crippen LogP contribution in [0.3, 0.4) is 0 Å². The first-order valence-electron chi connectivity index (χ1n) is 7.82. The number of likely N-dealkylation sites (N-methyl/N-ethyl adjacent to an activating group) is 1. The zero-order valence-corrected chi connectivity index (χ0v) is 11.7. The van der Waals surface area contributed by atoms with E-state index >= 15 is 0 Å². The lowest BCUT2D eigenvalue weighted by atomic mass is 9.79. The van der Waals surface area contributed by atoms with Crippen LogP contribution >= 0.6 is 0 Å². The van der Waals surface area contributed by atoms with Crippen LogP contribution in [0.5, 0.6) is 0 Å². The number of hydrogen-bond acceptors (Lipinski definition) is 3. The van der Waals surface area contributed by atoms with Gasteiger partial charge in [-0.05, 0) is 64.3 Å². The second-order valence-corrected chi connectivity index (χ2v) is 6.81. The van der Waals surface area contributed by atoms with E-state index in [1.165, 1.54) is 45.1 Å². The van der Waals surface area contributed by atoms with E-state index in [0.29, 0.717) is 12.6 Å². The molecule has 2 unspecified atom stereocenters. The molecule has 3 aliphatic carbocycles. The predicted molar refractivity (Wildman–Crippen MR) is 73.6 cm³/mol. The number of nitrogens with zero attached hydrogens (tertiary/aromatic N) is 1. The van der Waals surface area contributed by atoms with Crippen LogP contribution in [-0.4, -0.2) is 47.8 Å². The molecule has 3 aliphatic rings. The van der Waals surface area contributed by atoms with E-state index in [0.717, 1.165) is 24.8 Å². The number of nitrogens with one attached hydrogen (secondary N) is 1. The van der Waals surface area contributed by atoms with Crippen molar-refractivity contribution >= 4 is 0 Å². The molecule has 0 heterocycles. The van der Waals surface area contributed by atoms with Gasteiger partial charge < -0.3 is 10.4 Å². The largest absolute Gasteiger partial charge is 0.394 e. The van der Waals surface area contributed by atoms with Crippen molar-refractivity contribution in [3.63, 3.8) is 0 Å². The summed E-state index contributed by atoms with van der Waals surface area (Å²) >= 11 is 0. The Morgan fingerprint density at radius 3 is 2.50 bits per heavy atom. The molecule has 3 rings (SSSR count). The molecule has 0 aliphatic heterocycles. The highest BCUT2D eigenvalue weighted by Crippen LogP contribution is 2.40. The van der Waals surface area contributed by atoms with Gasteiger partial charge in [0.2, 0.25) is 0 Å². The van der Waals surface area contributed by atoms with Crippen LogP contribution in [0.2, 0.25) is 0 Å². The third kappa shape index (κ3) is 2.73. The lowest BCUT2D eigenvalue weighted by molar-refractivity contribution is 0.0574. The molecule has 0 amide bonds. The van der Waals surface area contributed by atoms with E-state index in [2.05, 4.69) is 10.2 Å². The highest BCUT2D eigenvalue weighted by molar-refractivity contribution is 5.00. The quantitative estimate of drug-likeness (QED) is 0.756. The lowest BCUT2D eigenvalue weighted by Gasteiger charge is -2.44. The highest BCUT2D eigenvalue weighted by atomic mass is 16.3. The van der Waals surface area contributed by atoms with Gasteiger partial charge in [0.1, 0.15) is 0 Å². The zero-order chi connectivity index (χ0) is 12.6.